The van der Waals surface area contributed by atoms with Crippen LogP contribution < -0.4 is 5.32 Å². The Balaban J connectivity index is 1.73. The molecule has 2 N–H and O–H groups in total. The Morgan fingerprint density at radius 3 is 2.55 bits per heavy atom. The molecule has 0 fully saturated rings. The number of carbonyl (C=O) groups excluding carboxylic acids is 1. The van der Waals surface area contributed by atoms with Gasteiger partial charge in [-0.25, -0.2) is 4.79 Å². The van der Waals surface area contributed by atoms with E-state index in [1.54, 1.807) is 12.3 Å². The molecule has 0 aliphatic rings. The van der Waals surface area contributed by atoms with Gasteiger partial charge in [0.05, 0.1) is 24.3 Å². The monoisotopic (exact) mass is 467 g/mol. The molecule has 33 heavy (non-hydrogen) atoms. The summed E-state index contributed by atoms with van der Waals surface area (Å²) in [4.78, 5) is 19.7. The van der Waals surface area contributed by atoms with Crippen LogP contribution in [0.1, 0.15) is 55.3 Å². The molecule has 0 aliphatic heterocycles. The predicted molar refractivity (Wildman–Crippen MR) is 136 cm³/mol. The third kappa shape index (κ3) is 5.91. The number of pyridine rings is 1. The van der Waals surface area contributed by atoms with E-state index in [0.29, 0.717) is 5.56 Å². The first-order chi connectivity index (χ1) is 16.0. The van der Waals surface area contributed by atoms with Crippen LogP contribution in [0.5, 0.6) is 0 Å². The van der Waals surface area contributed by atoms with E-state index >= 15 is 0 Å². The van der Waals surface area contributed by atoms with E-state index in [-0.39, 0.29) is 18.1 Å². The number of nitrogens with zero attached hydrogens (tertiary/aromatic N) is 1. The van der Waals surface area contributed by atoms with Gasteiger partial charge in [-0.3, -0.25) is 4.98 Å². The van der Waals surface area contributed by atoms with E-state index in [4.69, 9.17) is 9.16 Å². The molecule has 178 valence electrons. The van der Waals surface area contributed by atoms with Crippen molar-refractivity contribution < 1.29 is 14.0 Å². The summed E-state index contributed by atoms with van der Waals surface area (Å²) < 4.78 is 11.8. The second-order valence-electron chi connectivity index (χ2n) is 8.68. The summed E-state index contributed by atoms with van der Waals surface area (Å²) in [5.41, 5.74) is 3.69. The number of fused-ring (bicyclic) bond motifs is 1. The maximum absolute atomic E-state index is 12.1. The number of rotatable bonds is 12. The lowest BCUT2D eigenvalue weighted by atomic mass is 10.0. The standard InChI is InChI=1S/C26H37N3O3Si/c1-6-33(7-2,8-3)32-24(20-11-10-14-27-16-20)18-28-19(4)15-21-17-29-25-22(21)12-9-13-23(25)26(30)31-5/h9-14,16-17,19,24,28-29H,6-8,15,18H2,1-5H3/t19-,24-/m1/s1. The van der Waals surface area contributed by atoms with E-state index in [0.717, 1.165) is 47.6 Å². The third-order valence-electron chi connectivity index (χ3n) is 6.77. The van der Waals surface area contributed by atoms with Gasteiger partial charge in [0.1, 0.15) is 0 Å². The van der Waals surface area contributed by atoms with Gasteiger partial charge >= 0.3 is 5.97 Å². The number of hydrogen-bond donors (Lipinski definition) is 2. The average molecular weight is 468 g/mol. The van der Waals surface area contributed by atoms with Crippen LogP contribution in [0.15, 0.2) is 48.9 Å². The molecule has 7 heteroatoms. The number of carbonyl (C=O) groups is 1. The van der Waals surface area contributed by atoms with Gasteiger partial charge in [-0.15, -0.1) is 0 Å². The zero-order chi connectivity index (χ0) is 23.8. The zero-order valence-electron chi connectivity index (χ0n) is 20.5. The largest absolute Gasteiger partial charge is 0.465 e. The highest BCUT2D eigenvalue weighted by atomic mass is 28.4. The van der Waals surface area contributed by atoms with E-state index in [1.807, 2.05) is 30.6 Å². The Morgan fingerprint density at radius 2 is 1.91 bits per heavy atom. The van der Waals surface area contributed by atoms with Crippen LogP contribution in [0.3, 0.4) is 0 Å². The summed E-state index contributed by atoms with van der Waals surface area (Å²) in [5, 5.41) is 4.75. The topological polar surface area (TPSA) is 76.2 Å². The summed E-state index contributed by atoms with van der Waals surface area (Å²) in [7, 11) is -0.365. The fourth-order valence-corrected chi connectivity index (χ4v) is 7.29. The van der Waals surface area contributed by atoms with E-state index in [9.17, 15) is 4.79 Å². The number of benzene rings is 1. The van der Waals surface area contributed by atoms with Gasteiger partial charge in [-0.05, 0) is 54.7 Å². The minimum Gasteiger partial charge on any atom is -0.465 e. The van der Waals surface area contributed by atoms with E-state index in [2.05, 4.69) is 49.0 Å². The van der Waals surface area contributed by atoms with Gasteiger partial charge in [0, 0.05) is 36.6 Å². The van der Waals surface area contributed by atoms with Crippen molar-refractivity contribution in [3.8, 4) is 0 Å². The summed E-state index contributed by atoms with van der Waals surface area (Å²) in [6.07, 6.45) is 6.54. The lowest BCUT2D eigenvalue weighted by Gasteiger charge is -2.34. The molecule has 6 nitrogen and oxygen atoms in total. The van der Waals surface area contributed by atoms with Gasteiger partial charge in [0.25, 0.3) is 0 Å². The molecule has 2 aromatic heterocycles. The van der Waals surface area contributed by atoms with Gasteiger partial charge in [-0.1, -0.05) is 39.0 Å². The van der Waals surface area contributed by atoms with E-state index in [1.165, 1.54) is 12.7 Å². The molecular weight excluding hydrogens is 430 g/mol. The summed E-state index contributed by atoms with van der Waals surface area (Å²) in [6, 6.07) is 13.4. The highest BCUT2D eigenvalue weighted by molar-refractivity contribution is 6.73. The van der Waals surface area contributed by atoms with Crippen LogP contribution in [0.2, 0.25) is 18.1 Å². The maximum Gasteiger partial charge on any atom is 0.339 e. The number of esters is 1. The first kappa shape index (κ1) is 25.1. The molecule has 2 atom stereocenters. The Hall–Kier alpha value is -2.48. The Bertz CT molecular complexity index is 1030. The second-order valence-corrected chi connectivity index (χ2v) is 13.4. The molecule has 0 bridgehead atoms. The third-order valence-corrected chi connectivity index (χ3v) is 11.4. The fraction of sp³-hybridized carbons (Fsp3) is 0.462. The number of aromatic amines is 1. The highest BCUT2D eigenvalue weighted by Crippen LogP contribution is 2.29. The maximum atomic E-state index is 12.1. The van der Waals surface area contributed by atoms with Crippen LogP contribution in [-0.4, -0.2) is 44.0 Å². The van der Waals surface area contributed by atoms with Crippen molar-refractivity contribution in [2.75, 3.05) is 13.7 Å². The summed E-state index contributed by atoms with van der Waals surface area (Å²) in [5.74, 6) is -0.327. The molecule has 0 amide bonds. The molecule has 1 aromatic carbocycles. The number of methoxy groups -OCH3 is 1. The predicted octanol–water partition coefficient (Wildman–Crippen LogP) is 5.63. The lowest BCUT2D eigenvalue weighted by molar-refractivity contribution is 0.0603. The van der Waals surface area contributed by atoms with Gasteiger partial charge in [0.2, 0.25) is 0 Å². The summed E-state index contributed by atoms with van der Waals surface area (Å²) >= 11 is 0. The minimum absolute atomic E-state index is 0.0124. The molecule has 3 aromatic rings. The van der Waals surface area contributed by atoms with E-state index < -0.39 is 8.32 Å². The smallest absolute Gasteiger partial charge is 0.339 e. The fourth-order valence-electron chi connectivity index (χ4n) is 4.47. The van der Waals surface area contributed by atoms with Crippen molar-refractivity contribution in [3.63, 3.8) is 0 Å². The number of hydrogen-bond acceptors (Lipinski definition) is 5. The second kappa shape index (κ2) is 11.6. The molecule has 0 saturated heterocycles. The number of nitrogens with one attached hydrogen (secondary N) is 2. The van der Waals surface area contributed by atoms with Crippen molar-refractivity contribution in [1.29, 1.82) is 0 Å². The molecular formula is C26H37N3O3Si. The van der Waals surface area contributed by atoms with Gasteiger partial charge in [0.15, 0.2) is 8.32 Å². The van der Waals surface area contributed by atoms with Crippen molar-refractivity contribution in [3.05, 3.63) is 65.6 Å². The quantitative estimate of drug-likeness (QED) is 0.266. The van der Waals surface area contributed by atoms with Crippen molar-refractivity contribution in [2.45, 2.75) is 64.4 Å². The SMILES string of the molecule is CC[Si](CC)(CC)O[C@H](CN[C@H](C)Cc1c[nH]c2c(C(=O)OC)cccc12)c1cccnc1. The minimum atomic E-state index is -1.77. The normalized spacial score (nSPS) is 13.7. The lowest BCUT2D eigenvalue weighted by Crippen LogP contribution is -2.41. The number of para-hydroxylation sites is 1. The zero-order valence-corrected chi connectivity index (χ0v) is 21.5. The number of aromatic nitrogens is 2. The Kier molecular flexibility index (Phi) is 8.83. The summed E-state index contributed by atoms with van der Waals surface area (Å²) in [6.45, 7) is 9.70. The average Bonchev–Trinajstić information content (AvgIpc) is 3.27. The molecule has 2 heterocycles. The van der Waals surface area contributed by atoms with Crippen molar-refractivity contribution in [2.24, 2.45) is 0 Å². The number of H-pyrrole nitrogens is 1. The first-order valence-electron chi connectivity index (χ1n) is 11.9. The van der Waals surface area contributed by atoms with Crippen LogP contribution in [0.4, 0.5) is 0 Å². The molecule has 0 radical (unpaired) electrons. The van der Waals surface area contributed by atoms with Gasteiger partial charge in [-0.2, -0.15) is 0 Å². The molecule has 3 rings (SSSR count). The molecule has 0 spiro atoms. The highest BCUT2D eigenvalue weighted by Gasteiger charge is 2.32. The van der Waals surface area contributed by atoms with Crippen LogP contribution >= 0.6 is 0 Å². The van der Waals surface area contributed by atoms with Crippen molar-refractivity contribution >= 4 is 25.2 Å². The number of ether oxygens (including phenoxy) is 1. The molecule has 0 saturated carbocycles. The van der Waals surface area contributed by atoms with Crippen LogP contribution in [0, 0.1) is 0 Å². The van der Waals surface area contributed by atoms with Crippen LogP contribution in [0.25, 0.3) is 10.9 Å². The molecule has 0 unspecified atom stereocenters. The van der Waals surface area contributed by atoms with Crippen molar-refractivity contribution in [1.82, 2.24) is 15.3 Å². The first-order valence-corrected chi connectivity index (χ1v) is 14.5. The van der Waals surface area contributed by atoms with Crippen LogP contribution in [-0.2, 0) is 15.6 Å². The Labute approximate surface area is 198 Å². The molecule has 0 aliphatic carbocycles. The van der Waals surface area contributed by atoms with Gasteiger partial charge < -0.3 is 19.5 Å². The Morgan fingerprint density at radius 1 is 1.15 bits per heavy atom.